The quantitative estimate of drug-likeness (QED) is 0.856. The Bertz CT molecular complexity index is 538. The van der Waals surface area contributed by atoms with E-state index in [1.165, 1.54) is 11.6 Å². The molecule has 0 bridgehead atoms. The van der Waals surface area contributed by atoms with Crippen LogP contribution in [0.5, 0.6) is 0 Å². The second-order valence-electron chi connectivity index (χ2n) is 4.16. The van der Waals surface area contributed by atoms with Crippen LogP contribution >= 0.6 is 0 Å². The minimum Gasteiger partial charge on any atom is -0.381 e. The largest absolute Gasteiger partial charge is 0.381 e. The predicted octanol–water partition coefficient (Wildman–Crippen LogP) is 4.14. The van der Waals surface area contributed by atoms with Crippen molar-refractivity contribution in [2.24, 2.45) is 0 Å². The number of rotatable bonds is 4. The Morgan fingerprint density at radius 2 is 1.78 bits per heavy atom. The van der Waals surface area contributed by atoms with Crippen LogP contribution in [-0.2, 0) is 13.0 Å². The Morgan fingerprint density at radius 1 is 0.944 bits per heavy atom. The van der Waals surface area contributed by atoms with Gasteiger partial charge in [0.25, 0.3) is 0 Å². The second-order valence-corrected chi connectivity index (χ2v) is 4.16. The van der Waals surface area contributed by atoms with Gasteiger partial charge in [0.2, 0.25) is 0 Å². The number of aryl methyl sites for hydroxylation is 1. The molecule has 94 valence electrons. The number of hydrogen-bond acceptors (Lipinski definition) is 1. The number of benzene rings is 2. The highest BCUT2D eigenvalue weighted by atomic mass is 19.2. The molecule has 0 saturated carbocycles. The molecule has 0 spiro atoms. The van der Waals surface area contributed by atoms with E-state index >= 15 is 0 Å². The van der Waals surface area contributed by atoms with Crippen molar-refractivity contribution < 1.29 is 8.78 Å². The molecule has 0 amide bonds. The van der Waals surface area contributed by atoms with Gasteiger partial charge in [0.05, 0.1) is 0 Å². The monoisotopic (exact) mass is 247 g/mol. The first-order chi connectivity index (χ1) is 8.69. The van der Waals surface area contributed by atoms with Crippen molar-refractivity contribution in [3.8, 4) is 0 Å². The summed E-state index contributed by atoms with van der Waals surface area (Å²) in [6.07, 6.45) is 0.973. The van der Waals surface area contributed by atoms with E-state index in [0.717, 1.165) is 23.7 Å². The number of halogens is 2. The fraction of sp³-hybridized carbons (Fsp3) is 0.200. The molecular formula is C15H15F2N. The summed E-state index contributed by atoms with van der Waals surface area (Å²) in [5.74, 6) is -1.62. The Balaban J connectivity index is 2.04. The summed E-state index contributed by atoms with van der Waals surface area (Å²) in [5, 5.41) is 3.19. The molecule has 0 heterocycles. The number of nitrogens with one attached hydrogen (secondary N) is 1. The van der Waals surface area contributed by atoms with Crippen LogP contribution in [0, 0.1) is 11.6 Å². The lowest BCUT2D eigenvalue weighted by atomic mass is 10.1. The summed E-state index contributed by atoms with van der Waals surface area (Å²) in [4.78, 5) is 0. The van der Waals surface area contributed by atoms with Crippen molar-refractivity contribution in [1.82, 2.24) is 0 Å². The Morgan fingerprint density at radius 3 is 2.50 bits per heavy atom. The second kappa shape index (κ2) is 5.63. The van der Waals surface area contributed by atoms with Crippen LogP contribution in [0.2, 0.25) is 0 Å². The van der Waals surface area contributed by atoms with Gasteiger partial charge in [-0.2, -0.15) is 0 Å². The highest BCUT2D eigenvalue weighted by Crippen LogP contribution is 2.14. The van der Waals surface area contributed by atoms with Crippen molar-refractivity contribution >= 4 is 5.69 Å². The molecular weight excluding hydrogens is 232 g/mol. The molecule has 2 aromatic carbocycles. The molecule has 0 aromatic heterocycles. The van der Waals surface area contributed by atoms with E-state index in [0.29, 0.717) is 6.54 Å². The summed E-state index contributed by atoms with van der Waals surface area (Å²) in [5.41, 5.74) is 2.94. The highest BCUT2D eigenvalue weighted by molar-refractivity contribution is 5.46. The van der Waals surface area contributed by atoms with Gasteiger partial charge in [0.15, 0.2) is 11.6 Å². The minimum absolute atomic E-state index is 0.477. The predicted molar refractivity (Wildman–Crippen MR) is 69.5 cm³/mol. The van der Waals surface area contributed by atoms with Crippen LogP contribution in [0.25, 0.3) is 0 Å². The van der Waals surface area contributed by atoms with Gasteiger partial charge in [0.1, 0.15) is 0 Å². The van der Waals surface area contributed by atoms with Crippen LogP contribution in [0.3, 0.4) is 0 Å². The lowest BCUT2D eigenvalue weighted by molar-refractivity contribution is 0.507. The molecule has 1 nitrogen and oxygen atoms in total. The van der Waals surface area contributed by atoms with Gasteiger partial charge in [-0.15, -0.1) is 0 Å². The lowest BCUT2D eigenvalue weighted by Gasteiger charge is -2.08. The summed E-state index contributed by atoms with van der Waals surface area (Å²) < 4.78 is 25.8. The normalized spacial score (nSPS) is 10.4. The SMILES string of the molecule is CCc1cccc(NCc2ccc(F)c(F)c2)c1. The highest BCUT2D eigenvalue weighted by Gasteiger charge is 2.02. The van der Waals surface area contributed by atoms with Crippen molar-refractivity contribution in [2.75, 3.05) is 5.32 Å². The van der Waals surface area contributed by atoms with Crippen molar-refractivity contribution in [3.63, 3.8) is 0 Å². The molecule has 0 unspecified atom stereocenters. The first kappa shape index (κ1) is 12.6. The Hall–Kier alpha value is -1.90. The maximum absolute atomic E-state index is 13.0. The van der Waals surface area contributed by atoms with Crippen molar-refractivity contribution in [2.45, 2.75) is 19.9 Å². The maximum Gasteiger partial charge on any atom is 0.159 e. The van der Waals surface area contributed by atoms with E-state index in [9.17, 15) is 8.78 Å². The van der Waals surface area contributed by atoms with E-state index in [4.69, 9.17) is 0 Å². The van der Waals surface area contributed by atoms with E-state index in [1.54, 1.807) is 6.07 Å². The van der Waals surface area contributed by atoms with E-state index in [-0.39, 0.29) is 0 Å². The minimum atomic E-state index is -0.813. The Kier molecular flexibility index (Phi) is 3.92. The van der Waals surface area contributed by atoms with E-state index in [2.05, 4.69) is 24.4 Å². The standard InChI is InChI=1S/C15H15F2N/c1-2-11-4-3-5-13(8-11)18-10-12-6-7-14(16)15(17)9-12/h3-9,18H,2,10H2,1H3. The summed E-state index contributed by atoms with van der Waals surface area (Å²) >= 11 is 0. The molecule has 0 aliphatic carbocycles. The number of anilines is 1. The third kappa shape index (κ3) is 3.06. The van der Waals surface area contributed by atoms with Gasteiger partial charge in [-0.1, -0.05) is 25.1 Å². The van der Waals surface area contributed by atoms with Crippen molar-refractivity contribution in [1.29, 1.82) is 0 Å². The van der Waals surface area contributed by atoms with Crippen LogP contribution in [0.4, 0.5) is 14.5 Å². The summed E-state index contributed by atoms with van der Waals surface area (Å²) in [6.45, 7) is 2.57. The van der Waals surface area contributed by atoms with Gasteiger partial charge in [-0.3, -0.25) is 0 Å². The molecule has 0 atom stereocenters. The van der Waals surface area contributed by atoms with E-state index < -0.39 is 11.6 Å². The average Bonchev–Trinajstić information content (AvgIpc) is 2.40. The third-order valence-corrected chi connectivity index (χ3v) is 2.82. The Labute approximate surface area is 105 Å². The van der Waals surface area contributed by atoms with Gasteiger partial charge >= 0.3 is 0 Å². The smallest absolute Gasteiger partial charge is 0.159 e. The first-order valence-electron chi connectivity index (χ1n) is 5.96. The fourth-order valence-corrected chi connectivity index (χ4v) is 1.75. The van der Waals surface area contributed by atoms with Crippen molar-refractivity contribution in [3.05, 3.63) is 65.2 Å². The summed E-state index contributed by atoms with van der Waals surface area (Å²) in [7, 11) is 0. The zero-order valence-corrected chi connectivity index (χ0v) is 10.2. The van der Waals surface area contributed by atoms with Gasteiger partial charge in [0, 0.05) is 12.2 Å². The molecule has 3 heteroatoms. The molecule has 0 aliphatic rings. The van der Waals surface area contributed by atoms with Gasteiger partial charge in [-0.25, -0.2) is 8.78 Å². The lowest BCUT2D eigenvalue weighted by Crippen LogP contribution is -2.00. The molecule has 0 radical (unpaired) electrons. The topological polar surface area (TPSA) is 12.0 Å². The maximum atomic E-state index is 13.0. The molecule has 2 aromatic rings. The zero-order valence-electron chi connectivity index (χ0n) is 10.2. The fourth-order valence-electron chi connectivity index (χ4n) is 1.75. The first-order valence-corrected chi connectivity index (χ1v) is 5.96. The average molecular weight is 247 g/mol. The molecule has 2 rings (SSSR count). The molecule has 18 heavy (non-hydrogen) atoms. The van der Waals surface area contributed by atoms with Crippen LogP contribution in [-0.4, -0.2) is 0 Å². The van der Waals surface area contributed by atoms with Crippen LogP contribution in [0.1, 0.15) is 18.1 Å². The van der Waals surface area contributed by atoms with Gasteiger partial charge in [-0.05, 0) is 41.8 Å². The van der Waals surface area contributed by atoms with Gasteiger partial charge < -0.3 is 5.32 Å². The molecule has 0 saturated heterocycles. The van der Waals surface area contributed by atoms with Crippen LogP contribution < -0.4 is 5.32 Å². The van der Waals surface area contributed by atoms with E-state index in [1.807, 2.05) is 12.1 Å². The zero-order chi connectivity index (χ0) is 13.0. The molecule has 0 fully saturated rings. The molecule has 0 aliphatic heterocycles. The summed E-state index contributed by atoms with van der Waals surface area (Å²) in [6, 6.07) is 12.0. The molecule has 1 N–H and O–H groups in total. The van der Waals surface area contributed by atoms with Crippen LogP contribution in [0.15, 0.2) is 42.5 Å². The number of hydrogen-bond donors (Lipinski definition) is 1. The third-order valence-electron chi connectivity index (χ3n) is 2.82.